The van der Waals surface area contributed by atoms with Crippen LogP contribution in [-0.2, 0) is 4.74 Å². The van der Waals surface area contributed by atoms with Crippen molar-refractivity contribution in [2.45, 2.75) is 25.7 Å². The van der Waals surface area contributed by atoms with Crippen molar-refractivity contribution in [1.82, 2.24) is 0 Å². The van der Waals surface area contributed by atoms with Gasteiger partial charge in [-0.1, -0.05) is 0 Å². The van der Waals surface area contributed by atoms with E-state index < -0.39 is 0 Å². The average Bonchev–Trinajstić information content (AvgIpc) is 2.62. The second-order valence-electron chi connectivity index (χ2n) is 7.61. The lowest BCUT2D eigenvalue weighted by molar-refractivity contribution is -0.185. The number of benzene rings is 1. The van der Waals surface area contributed by atoms with Crippen LogP contribution in [0.25, 0.3) is 5.76 Å². The van der Waals surface area contributed by atoms with Crippen LogP contribution in [-0.4, -0.2) is 18.5 Å². The zero-order valence-corrected chi connectivity index (χ0v) is 12.7. The highest BCUT2D eigenvalue weighted by Gasteiger charge is 2.74. The molecule has 0 saturated heterocycles. The van der Waals surface area contributed by atoms with Gasteiger partial charge in [0.2, 0.25) is 0 Å². The van der Waals surface area contributed by atoms with Gasteiger partial charge in [0.1, 0.15) is 11.5 Å². The Balaban J connectivity index is 1.69. The Labute approximate surface area is 130 Å². The Morgan fingerprint density at radius 3 is 2.91 bits per heavy atom. The van der Waals surface area contributed by atoms with Gasteiger partial charge in [-0.25, -0.2) is 0 Å². The normalized spacial score (nSPS) is 42.2. The molecule has 5 aliphatic rings. The van der Waals surface area contributed by atoms with E-state index in [0.717, 1.165) is 29.4 Å². The smallest absolute Gasteiger partial charge is 0.150 e. The van der Waals surface area contributed by atoms with E-state index in [-0.39, 0.29) is 5.75 Å². The molecule has 3 heteroatoms. The first-order chi connectivity index (χ1) is 10.7. The molecular formula is C19H20O3. The second kappa shape index (κ2) is 3.95. The Hall–Kier alpha value is -1.77. The Kier molecular flexibility index (Phi) is 2.29. The lowest BCUT2D eigenvalue weighted by Gasteiger charge is -2.67. The van der Waals surface area contributed by atoms with E-state index in [1.165, 1.54) is 31.3 Å². The maximum atomic E-state index is 11.4. The Morgan fingerprint density at radius 2 is 2.23 bits per heavy atom. The van der Waals surface area contributed by atoms with Crippen LogP contribution in [0.15, 0.2) is 23.8 Å². The fourth-order valence-electron chi connectivity index (χ4n) is 6.31. The van der Waals surface area contributed by atoms with Crippen molar-refractivity contribution in [1.29, 1.82) is 0 Å². The number of aromatic hydroxyl groups is 1. The summed E-state index contributed by atoms with van der Waals surface area (Å²) in [6.07, 6.45) is 6.17. The Bertz CT molecular complexity index is 719. The van der Waals surface area contributed by atoms with Crippen molar-refractivity contribution in [2.75, 3.05) is 7.11 Å². The predicted octanol–water partition coefficient (Wildman–Crippen LogP) is 3.63. The van der Waals surface area contributed by atoms with E-state index >= 15 is 0 Å². The van der Waals surface area contributed by atoms with Gasteiger partial charge in [-0.3, -0.25) is 4.79 Å². The van der Waals surface area contributed by atoms with Crippen molar-refractivity contribution in [3.05, 3.63) is 34.9 Å². The number of ether oxygens (including phenoxy) is 1. The van der Waals surface area contributed by atoms with Crippen LogP contribution in [0.5, 0.6) is 5.75 Å². The molecule has 5 saturated carbocycles. The maximum absolute atomic E-state index is 11.4. The van der Waals surface area contributed by atoms with Gasteiger partial charge in [0, 0.05) is 11.1 Å². The van der Waals surface area contributed by atoms with Crippen molar-refractivity contribution in [3.63, 3.8) is 0 Å². The largest absolute Gasteiger partial charge is 0.508 e. The molecule has 0 aromatic heterocycles. The molecule has 1 spiro atoms. The number of aldehydes is 1. The van der Waals surface area contributed by atoms with Gasteiger partial charge >= 0.3 is 0 Å². The van der Waals surface area contributed by atoms with Crippen molar-refractivity contribution < 1.29 is 14.6 Å². The number of hydrogen-bond acceptors (Lipinski definition) is 3. The molecule has 6 rings (SSSR count). The summed E-state index contributed by atoms with van der Waals surface area (Å²) in [6.45, 7) is 0. The van der Waals surface area contributed by atoms with Gasteiger partial charge in [-0.2, -0.15) is 0 Å². The van der Waals surface area contributed by atoms with E-state index in [9.17, 15) is 9.90 Å². The van der Waals surface area contributed by atoms with Crippen LogP contribution in [0.4, 0.5) is 0 Å². The molecule has 0 amide bonds. The summed E-state index contributed by atoms with van der Waals surface area (Å²) in [5.41, 5.74) is 3.37. The molecule has 3 bridgehead atoms. The standard InChI is InChI=1S/C19H20O3/c1-22-18(14-5-13(21)3-2-10(14)9-20)17-12-4-11-7-19(8-12)15(11)6-16(17)19/h2-3,5,9,11-12,15-16,21H,4,6-8H2,1H3/b18-17+. The zero-order chi connectivity index (χ0) is 15.1. The predicted molar refractivity (Wildman–Crippen MR) is 82.3 cm³/mol. The summed E-state index contributed by atoms with van der Waals surface area (Å²) in [7, 11) is 1.70. The lowest BCUT2D eigenvalue weighted by Crippen LogP contribution is -2.60. The molecule has 3 nitrogen and oxygen atoms in total. The van der Waals surface area contributed by atoms with Gasteiger partial charge < -0.3 is 9.84 Å². The van der Waals surface area contributed by atoms with E-state index in [1.807, 2.05) is 0 Å². The first-order valence-electron chi connectivity index (χ1n) is 8.24. The van der Waals surface area contributed by atoms with Gasteiger partial charge in [0.05, 0.1) is 7.11 Å². The summed E-state index contributed by atoms with van der Waals surface area (Å²) in [6, 6.07) is 4.92. The monoisotopic (exact) mass is 296 g/mol. The van der Waals surface area contributed by atoms with Crippen LogP contribution in [0.3, 0.4) is 0 Å². The van der Waals surface area contributed by atoms with Crippen LogP contribution < -0.4 is 0 Å². The SMILES string of the molecule is CO/C(=C1\C2CC3CC4(C2)C1CC34)c1cc(O)ccc1C=O. The summed E-state index contributed by atoms with van der Waals surface area (Å²) in [5, 5.41) is 9.85. The number of carbonyl (C=O) groups excluding carboxylic acids is 1. The quantitative estimate of drug-likeness (QED) is 0.684. The molecule has 1 N–H and O–H groups in total. The minimum atomic E-state index is 0.186. The topological polar surface area (TPSA) is 46.5 Å². The van der Waals surface area contributed by atoms with E-state index in [0.29, 0.717) is 22.8 Å². The molecule has 5 aliphatic carbocycles. The molecule has 5 fully saturated rings. The highest BCUT2D eigenvalue weighted by molar-refractivity contribution is 5.85. The molecule has 0 aliphatic heterocycles. The molecular weight excluding hydrogens is 276 g/mol. The van der Waals surface area contributed by atoms with Crippen molar-refractivity contribution in [3.8, 4) is 5.75 Å². The maximum Gasteiger partial charge on any atom is 0.150 e. The Morgan fingerprint density at radius 1 is 1.36 bits per heavy atom. The third-order valence-electron chi connectivity index (χ3n) is 7.04. The first-order valence-corrected chi connectivity index (χ1v) is 8.24. The third kappa shape index (κ3) is 1.27. The molecule has 114 valence electrons. The number of allylic oxidation sites excluding steroid dienone is 1. The number of carbonyl (C=O) groups is 1. The number of rotatable bonds is 3. The molecule has 5 atom stereocenters. The van der Waals surface area contributed by atoms with Gasteiger partial charge in [0.25, 0.3) is 0 Å². The first kappa shape index (κ1) is 12.7. The van der Waals surface area contributed by atoms with Crippen LogP contribution in [0.2, 0.25) is 0 Å². The molecule has 0 heterocycles. The van der Waals surface area contributed by atoms with Crippen LogP contribution in [0.1, 0.15) is 41.6 Å². The third-order valence-corrected chi connectivity index (χ3v) is 7.04. The van der Waals surface area contributed by atoms with Gasteiger partial charge in [-0.15, -0.1) is 0 Å². The van der Waals surface area contributed by atoms with Crippen molar-refractivity contribution in [2.24, 2.45) is 29.1 Å². The fraction of sp³-hybridized carbons (Fsp3) is 0.526. The van der Waals surface area contributed by atoms with E-state index in [2.05, 4.69) is 0 Å². The average molecular weight is 296 g/mol. The highest BCUT2D eigenvalue weighted by Crippen LogP contribution is 2.82. The zero-order valence-electron chi connectivity index (χ0n) is 12.7. The van der Waals surface area contributed by atoms with Gasteiger partial charge in [0.15, 0.2) is 6.29 Å². The van der Waals surface area contributed by atoms with E-state index in [4.69, 9.17) is 4.74 Å². The summed E-state index contributed by atoms with van der Waals surface area (Å²) in [5.74, 6) is 4.21. The number of phenolic OH excluding ortho intramolecular Hbond substituents is 1. The second-order valence-corrected chi connectivity index (χ2v) is 7.61. The number of phenols is 1. The highest BCUT2D eigenvalue weighted by atomic mass is 16.5. The summed E-state index contributed by atoms with van der Waals surface area (Å²) in [4.78, 5) is 11.4. The number of hydrogen-bond donors (Lipinski definition) is 1. The molecule has 0 radical (unpaired) electrons. The molecule has 22 heavy (non-hydrogen) atoms. The van der Waals surface area contributed by atoms with Crippen LogP contribution >= 0.6 is 0 Å². The minimum absolute atomic E-state index is 0.186. The van der Waals surface area contributed by atoms with Crippen molar-refractivity contribution >= 4 is 12.0 Å². The molecule has 5 unspecified atom stereocenters. The van der Waals surface area contributed by atoms with Crippen LogP contribution in [0, 0.1) is 29.1 Å². The molecule has 1 aromatic carbocycles. The van der Waals surface area contributed by atoms with Gasteiger partial charge in [-0.05, 0) is 78.5 Å². The lowest BCUT2D eigenvalue weighted by atomic mass is 9.37. The van der Waals surface area contributed by atoms with E-state index in [1.54, 1.807) is 25.3 Å². The summed E-state index contributed by atoms with van der Waals surface area (Å²) < 4.78 is 5.79. The fourth-order valence-corrected chi connectivity index (χ4v) is 6.31. The molecule has 1 aromatic rings. The number of methoxy groups -OCH3 is 1. The summed E-state index contributed by atoms with van der Waals surface area (Å²) >= 11 is 0. The minimum Gasteiger partial charge on any atom is -0.508 e.